The normalized spacial score (nSPS) is 16.1. The topological polar surface area (TPSA) is 108 Å². The molecule has 2 N–H and O–H groups in total. The third-order valence-electron chi connectivity index (χ3n) is 5.97. The summed E-state index contributed by atoms with van der Waals surface area (Å²) in [4.78, 5) is 30.0. The van der Waals surface area contributed by atoms with E-state index in [-0.39, 0.29) is 22.5 Å². The van der Waals surface area contributed by atoms with Gasteiger partial charge in [0.25, 0.3) is 5.91 Å². The van der Waals surface area contributed by atoms with Crippen molar-refractivity contribution in [1.82, 2.24) is 14.6 Å². The van der Waals surface area contributed by atoms with Crippen LogP contribution in [0.5, 0.6) is 0 Å². The number of rotatable bonds is 9. The average molecular weight is 543 g/mol. The first kappa shape index (κ1) is 24.9. The van der Waals surface area contributed by atoms with E-state index in [0.717, 1.165) is 31.2 Å². The Morgan fingerprint density at radius 3 is 2.39 bits per heavy atom. The Morgan fingerprint density at radius 2 is 1.72 bits per heavy atom. The number of hydrogen-bond acceptors (Lipinski definition) is 7. The zero-order valence-corrected chi connectivity index (χ0v) is 21.9. The molecular formula is C25H26N4O4S3. The molecule has 2 heterocycles. The van der Waals surface area contributed by atoms with Crippen LogP contribution in [0.1, 0.15) is 36.0 Å². The molecule has 1 saturated carbocycles. The van der Waals surface area contributed by atoms with Crippen molar-refractivity contribution in [3.63, 3.8) is 0 Å². The maximum Gasteiger partial charge on any atom is 0.256 e. The number of nitrogens with zero attached hydrogens (tertiary/aromatic N) is 2. The van der Waals surface area contributed by atoms with Crippen LogP contribution in [0.3, 0.4) is 0 Å². The number of carbonyl (C=O) groups is 2. The molecule has 3 aromatic rings. The Hall–Kier alpha value is -2.73. The van der Waals surface area contributed by atoms with Crippen molar-refractivity contribution in [3.05, 3.63) is 60.2 Å². The minimum atomic E-state index is -3.54. The third kappa shape index (κ3) is 5.80. The molecule has 2 fully saturated rings. The summed E-state index contributed by atoms with van der Waals surface area (Å²) in [6.07, 6.45) is 3.80. The van der Waals surface area contributed by atoms with Crippen LogP contribution >= 0.6 is 23.1 Å². The van der Waals surface area contributed by atoms with Gasteiger partial charge >= 0.3 is 0 Å². The minimum Gasteiger partial charge on any atom is -0.353 e. The number of carbonyl (C=O) groups excluding carboxylic acids is 2. The number of anilines is 1. The van der Waals surface area contributed by atoms with E-state index >= 15 is 0 Å². The lowest BCUT2D eigenvalue weighted by atomic mass is 10.1. The number of aromatic nitrogens is 1. The van der Waals surface area contributed by atoms with E-state index in [2.05, 4.69) is 15.6 Å². The van der Waals surface area contributed by atoms with E-state index in [4.69, 9.17) is 0 Å². The van der Waals surface area contributed by atoms with Crippen molar-refractivity contribution in [1.29, 1.82) is 0 Å². The molecule has 0 bridgehead atoms. The van der Waals surface area contributed by atoms with Crippen molar-refractivity contribution in [3.8, 4) is 11.3 Å². The average Bonchev–Trinajstić information content (AvgIpc) is 3.35. The zero-order chi connectivity index (χ0) is 25.1. The van der Waals surface area contributed by atoms with Gasteiger partial charge in [0, 0.05) is 30.3 Å². The summed E-state index contributed by atoms with van der Waals surface area (Å²) in [6, 6.07) is 15.9. The van der Waals surface area contributed by atoms with Gasteiger partial charge in [-0.2, -0.15) is 4.31 Å². The molecule has 0 unspecified atom stereocenters. The summed E-state index contributed by atoms with van der Waals surface area (Å²) >= 11 is 2.66. The maximum absolute atomic E-state index is 13.1. The Balaban J connectivity index is 1.32. The van der Waals surface area contributed by atoms with Gasteiger partial charge in [0.2, 0.25) is 15.9 Å². The fourth-order valence-electron chi connectivity index (χ4n) is 3.89. The highest BCUT2D eigenvalue weighted by Crippen LogP contribution is 2.38. The van der Waals surface area contributed by atoms with E-state index in [1.54, 1.807) is 0 Å². The molecule has 188 valence electrons. The van der Waals surface area contributed by atoms with Gasteiger partial charge < -0.3 is 10.6 Å². The summed E-state index contributed by atoms with van der Waals surface area (Å²) in [5, 5.41) is 6.47. The molecule has 0 spiro atoms. The van der Waals surface area contributed by atoms with Gasteiger partial charge in [0.1, 0.15) is 10.7 Å². The molecule has 1 aliphatic carbocycles. The highest BCUT2D eigenvalue weighted by atomic mass is 32.2. The van der Waals surface area contributed by atoms with Crippen molar-refractivity contribution in [2.24, 2.45) is 0 Å². The summed E-state index contributed by atoms with van der Waals surface area (Å²) in [6.45, 7) is 1.06. The molecule has 1 saturated heterocycles. The van der Waals surface area contributed by atoms with Gasteiger partial charge in [-0.1, -0.05) is 53.4 Å². The predicted octanol–water partition coefficient (Wildman–Crippen LogP) is 4.22. The second-order valence-electron chi connectivity index (χ2n) is 8.74. The molecule has 11 heteroatoms. The number of benzene rings is 2. The fraction of sp³-hybridized carbons (Fsp3) is 0.320. The van der Waals surface area contributed by atoms with Gasteiger partial charge in [-0.15, -0.1) is 0 Å². The molecule has 36 heavy (non-hydrogen) atoms. The first-order valence-electron chi connectivity index (χ1n) is 11.8. The van der Waals surface area contributed by atoms with Crippen LogP contribution in [0.15, 0.2) is 63.8 Å². The molecule has 2 aliphatic rings. The summed E-state index contributed by atoms with van der Waals surface area (Å²) in [7, 11) is -3.54. The molecule has 0 radical (unpaired) electrons. The van der Waals surface area contributed by atoms with Crippen LogP contribution < -0.4 is 10.6 Å². The molecular weight excluding hydrogens is 517 g/mol. The van der Waals surface area contributed by atoms with Crippen LogP contribution in [0.2, 0.25) is 0 Å². The highest BCUT2D eigenvalue weighted by Gasteiger charge is 2.27. The smallest absolute Gasteiger partial charge is 0.256 e. The van der Waals surface area contributed by atoms with E-state index in [0.29, 0.717) is 39.7 Å². The van der Waals surface area contributed by atoms with Crippen LogP contribution in [0.25, 0.3) is 11.3 Å². The lowest BCUT2D eigenvalue weighted by molar-refractivity contribution is -0.118. The van der Waals surface area contributed by atoms with Gasteiger partial charge in [0.05, 0.1) is 10.6 Å². The van der Waals surface area contributed by atoms with Crippen LogP contribution in [-0.4, -0.2) is 54.4 Å². The van der Waals surface area contributed by atoms with E-state index in [1.165, 1.54) is 51.7 Å². The second kappa shape index (κ2) is 10.7. The number of thiazole rings is 1. The van der Waals surface area contributed by atoms with Gasteiger partial charge in [-0.3, -0.25) is 9.59 Å². The minimum absolute atomic E-state index is 0.0199. The fourth-order valence-corrected chi connectivity index (χ4v) is 7.28. The molecule has 8 nitrogen and oxygen atoms in total. The number of nitrogens with one attached hydrogen (secondary N) is 2. The molecule has 1 aliphatic heterocycles. The molecule has 1 aromatic heterocycles. The van der Waals surface area contributed by atoms with Crippen molar-refractivity contribution >= 4 is 49.9 Å². The van der Waals surface area contributed by atoms with Crippen molar-refractivity contribution in [2.75, 3.05) is 24.2 Å². The standard InChI is InChI=1S/C25H26N4O4S3/c30-21(26-19-10-11-19)16-34-25-27-22(17-6-2-1-3-7-17)24(35-25)28-23(31)18-8-12-20(13-9-18)36(32,33)29-14-4-5-15-29/h1-3,6-9,12-13,19H,4-5,10-11,14-16H2,(H,26,30)(H,28,31). The van der Waals surface area contributed by atoms with Crippen LogP contribution in [0.4, 0.5) is 5.00 Å². The lowest BCUT2D eigenvalue weighted by Crippen LogP contribution is -2.27. The maximum atomic E-state index is 13.1. The van der Waals surface area contributed by atoms with E-state index in [9.17, 15) is 18.0 Å². The van der Waals surface area contributed by atoms with Crippen molar-refractivity contribution in [2.45, 2.75) is 41.0 Å². The first-order chi connectivity index (χ1) is 17.4. The third-order valence-corrected chi connectivity index (χ3v) is 10.00. The second-order valence-corrected chi connectivity index (χ2v) is 12.9. The summed E-state index contributed by atoms with van der Waals surface area (Å²) in [5.41, 5.74) is 1.83. The quantitative estimate of drug-likeness (QED) is 0.392. The monoisotopic (exact) mass is 542 g/mol. The summed E-state index contributed by atoms with van der Waals surface area (Å²) < 4.78 is 27.7. The number of amides is 2. The first-order valence-corrected chi connectivity index (χ1v) is 15.0. The lowest BCUT2D eigenvalue weighted by Gasteiger charge is -2.15. The van der Waals surface area contributed by atoms with Gasteiger partial charge in [-0.25, -0.2) is 13.4 Å². The molecule has 0 atom stereocenters. The summed E-state index contributed by atoms with van der Waals surface area (Å²) in [5.74, 6) is -0.115. The Kier molecular flexibility index (Phi) is 7.42. The van der Waals surface area contributed by atoms with Gasteiger partial charge in [0.15, 0.2) is 4.34 Å². The number of thioether (sulfide) groups is 1. The largest absolute Gasteiger partial charge is 0.353 e. The van der Waals surface area contributed by atoms with Crippen LogP contribution in [0, 0.1) is 0 Å². The highest BCUT2D eigenvalue weighted by molar-refractivity contribution is 8.01. The SMILES string of the molecule is O=C(CSc1nc(-c2ccccc2)c(NC(=O)c2ccc(S(=O)(=O)N3CCCC3)cc2)s1)NC1CC1. The zero-order valence-electron chi connectivity index (χ0n) is 19.5. The van der Waals surface area contributed by atoms with E-state index < -0.39 is 10.0 Å². The van der Waals surface area contributed by atoms with E-state index in [1.807, 2.05) is 30.3 Å². The Labute approximate surface area is 218 Å². The molecule has 2 amide bonds. The molecule has 2 aromatic carbocycles. The van der Waals surface area contributed by atoms with Crippen LogP contribution in [-0.2, 0) is 14.8 Å². The van der Waals surface area contributed by atoms with Gasteiger partial charge in [-0.05, 0) is 49.9 Å². The number of hydrogen-bond donors (Lipinski definition) is 2. The molecule has 5 rings (SSSR count). The number of sulfonamides is 1. The Morgan fingerprint density at radius 1 is 1.03 bits per heavy atom. The Bertz CT molecular complexity index is 1350. The predicted molar refractivity (Wildman–Crippen MR) is 142 cm³/mol. The van der Waals surface area contributed by atoms with Crippen molar-refractivity contribution < 1.29 is 18.0 Å².